The molecule has 0 spiro atoms. The molecule has 2 rings (SSSR count). The SMILES string of the molecule is CCCC=Cc1ccc(CCc2ccc(CCCCCCCCC)cc2)cc1. The van der Waals surface area contributed by atoms with Gasteiger partial charge in [-0.1, -0.05) is 119 Å². The number of rotatable bonds is 14. The van der Waals surface area contributed by atoms with Crippen molar-refractivity contribution in [2.45, 2.75) is 90.9 Å². The van der Waals surface area contributed by atoms with Crippen molar-refractivity contribution in [1.82, 2.24) is 0 Å². The smallest absolute Gasteiger partial charge is 0.0238 e. The van der Waals surface area contributed by atoms with Crippen molar-refractivity contribution in [2.75, 3.05) is 0 Å². The summed E-state index contributed by atoms with van der Waals surface area (Å²) in [6.45, 7) is 4.50. The van der Waals surface area contributed by atoms with E-state index in [1.807, 2.05) is 0 Å². The van der Waals surface area contributed by atoms with E-state index in [2.05, 4.69) is 74.5 Å². The molecule has 2 aromatic rings. The molecule has 0 N–H and O–H groups in total. The Morgan fingerprint density at radius 3 is 1.61 bits per heavy atom. The summed E-state index contributed by atoms with van der Waals surface area (Å²) in [7, 11) is 0. The molecular formula is C28H40. The lowest BCUT2D eigenvalue weighted by Crippen LogP contribution is -1.93. The summed E-state index contributed by atoms with van der Waals surface area (Å²) in [4.78, 5) is 0. The van der Waals surface area contributed by atoms with Crippen molar-refractivity contribution in [1.29, 1.82) is 0 Å². The maximum atomic E-state index is 2.34. The van der Waals surface area contributed by atoms with Gasteiger partial charge in [0, 0.05) is 0 Å². The zero-order valence-electron chi connectivity index (χ0n) is 18.3. The standard InChI is InChI=1S/C28H40/c1-3-5-7-8-9-10-12-14-26-17-21-28(22-18-26)24-23-27-19-15-25(16-20-27)13-11-6-4-2/h11,13,15-22H,3-10,12,14,23-24H2,1-2H3. The van der Waals surface area contributed by atoms with Crippen LogP contribution in [0.25, 0.3) is 6.08 Å². The zero-order valence-corrected chi connectivity index (χ0v) is 18.3. The van der Waals surface area contributed by atoms with Gasteiger partial charge in [-0.2, -0.15) is 0 Å². The van der Waals surface area contributed by atoms with Gasteiger partial charge in [0.2, 0.25) is 0 Å². The minimum absolute atomic E-state index is 1.12. The van der Waals surface area contributed by atoms with Crippen molar-refractivity contribution < 1.29 is 0 Å². The molecule has 0 heteroatoms. The average molecular weight is 377 g/mol. The van der Waals surface area contributed by atoms with Gasteiger partial charge >= 0.3 is 0 Å². The molecule has 0 aromatic heterocycles. The fraction of sp³-hybridized carbons (Fsp3) is 0.500. The number of unbranched alkanes of at least 4 members (excludes halogenated alkanes) is 7. The van der Waals surface area contributed by atoms with Crippen molar-refractivity contribution in [3.05, 3.63) is 76.9 Å². The van der Waals surface area contributed by atoms with Crippen LogP contribution in [0.5, 0.6) is 0 Å². The van der Waals surface area contributed by atoms with Crippen LogP contribution in [0, 0.1) is 0 Å². The number of allylic oxidation sites excluding steroid dienone is 1. The van der Waals surface area contributed by atoms with Gasteiger partial charge in [-0.3, -0.25) is 0 Å². The van der Waals surface area contributed by atoms with E-state index >= 15 is 0 Å². The minimum atomic E-state index is 1.12. The predicted molar refractivity (Wildman–Crippen MR) is 126 cm³/mol. The lowest BCUT2D eigenvalue weighted by atomic mass is 10.00. The van der Waals surface area contributed by atoms with Crippen LogP contribution in [-0.2, 0) is 19.3 Å². The molecule has 0 saturated heterocycles. The van der Waals surface area contributed by atoms with Gasteiger partial charge in [0.25, 0.3) is 0 Å². The summed E-state index contributed by atoms with van der Waals surface area (Å²) in [5.74, 6) is 0. The Morgan fingerprint density at radius 2 is 1.04 bits per heavy atom. The number of aryl methyl sites for hydroxylation is 3. The summed E-state index contributed by atoms with van der Waals surface area (Å²) in [6, 6.07) is 18.4. The molecule has 0 fully saturated rings. The minimum Gasteiger partial charge on any atom is -0.0840 e. The lowest BCUT2D eigenvalue weighted by molar-refractivity contribution is 0.589. The Morgan fingerprint density at radius 1 is 0.536 bits per heavy atom. The first-order valence-electron chi connectivity index (χ1n) is 11.6. The van der Waals surface area contributed by atoms with Gasteiger partial charge < -0.3 is 0 Å². The van der Waals surface area contributed by atoms with Crippen molar-refractivity contribution in [3.63, 3.8) is 0 Å². The van der Waals surface area contributed by atoms with Crippen LogP contribution in [0.15, 0.2) is 54.6 Å². The molecule has 0 aliphatic rings. The fourth-order valence-corrected chi connectivity index (χ4v) is 3.63. The molecule has 0 radical (unpaired) electrons. The highest BCUT2D eigenvalue weighted by Crippen LogP contribution is 2.14. The van der Waals surface area contributed by atoms with Crippen molar-refractivity contribution in [3.8, 4) is 0 Å². The van der Waals surface area contributed by atoms with E-state index < -0.39 is 0 Å². The average Bonchev–Trinajstić information content (AvgIpc) is 2.73. The van der Waals surface area contributed by atoms with Crippen LogP contribution < -0.4 is 0 Å². The normalized spacial score (nSPS) is 11.4. The molecule has 0 aliphatic heterocycles. The Labute approximate surface area is 174 Å². The monoisotopic (exact) mass is 376 g/mol. The predicted octanol–water partition coefficient (Wildman–Crippen LogP) is 8.58. The van der Waals surface area contributed by atoms with E-state index in [9.17, 15) is 0 Å². The Bertz CT molecular complexity index is 645. The summed E-state index contributed by atoms with van der Waals surface area (Å²) in [6.07, 6.45) is 20.1. The fourth-order valence-electron chi connectivity index (χ4n) is 3.63. The summed E-state index contributed by atoms with van der Waals surface area (Å²) in [5, 5.41) is 0. The Balaban J connectivity index is 1.66. The molecule has 152 valence electrons. The first-order chi connectivity index (χ1) is 13.8. The van der Waals surface area contributed by atoms with E-state index in [0.717, 1.165) is 19.3 Å². The van der Waals surface area contributed by atoms with E-state index in [1.165, 1.54) is 80.0 Å². The first kappa shape index (κ1) is 22.5. The molecule has 28 heavy (non-hydrogen) atoms. The molecule has 2 aromatic carbocycles. The summed E-state index contributed by atoms with van der Waals surface area (Å²) >= 11 is 0. The molecule has 0 heterocycles. The maximum Gasteiger partial charge on any atom is -0.0238 e. The van der Waals surface area contributed by atoms with Crippen LogP contribution >= 0.6 is 0 Å². The van der Waals surface area contributed by atoms with Gasteiger partial charge in [0.1, 0.15) is 0 Å². The highest BCUT2D eigenvalue weighted by molar-refractivity contribution is 5.49. The highest BCUT2D eigenvalue weighted by Gasteiger charge is 1.99. The van der Waals surface area contributed by atoms with Gasteiger partial charge in [-0.15, -0.1) is 0 Å². The third-order valence-electron chi connectivity index (χ3n) is 5.54. The van der Waals surface area contributed by atoms with E-state index in [1.54, 1.807) is 0 Å². The van der Waals surface area contributed by atoms with Crippen LogP contribution in [-0.4, -0.2) is 0 Å². The highest BCUT2D eigenvalue weighted by atomic mass is 14.0. The topological polar surface area (TPSA) is 0 Å². The molecule has 0 nitrogen and oxygen atoms in total. The van der Waals surface area contributed by atoms with Gasteiger partial charge in [-0.25, -0.2) is 0 Å². The second kappa shape index (κ2) is 14.2. The van der Waals surface area contributed by atoms with Crippen LogP contribution in [0.1, 0.15) is 93.9 Å². The van der Waals surface area contributed by atoms with E-state index in [0.29, 0.717) is 0 Å². The van der Waals surface area contributed by atoms with Crippen LogP contribution in [0.3, 0.4) is 0 Å². The molecule has 0 amide bonds. The first-order valence-corrected chi connectivity index (χ1v) is 11.6. The largest absolute Gasteiger partial charge is 0.0840 e. The molecule has 0 saturated carbocycles. The summed E-state index contributed by atoms with van der Waals surface area (Å²) < 4.78 is 0. The van der Waals surface area contributed by atoms with Gasteiger partial charge in [0.05, 0.1) is 0 Å². The third-order valence-corrected chi connectivity index (χ3v) is 5.54. The van der Waals surface area contributed by atoms with Gasteiger partial charge in [-0.05, 0) is 54.4 Å². The number of hydrogen-bond acceptors (Lipinski definition) is 0. The molecule has 0 unspecified atom stereocenters. The van der Waals surface area contributed by atoms with E-state index in [4.69, 9.17) is 0 Å². The molecular weight excluding hydrogens is 336 g/mol. The van der Waals surface area contributed by atoms with Crippen LogP contribution in [0.4, 0.5) is 0 Å². The Kier molecular flexibility index (Phi) is 11.4. The zero-order chi connectivity index (χ0) is 19.9. The van der Waals surface area contributed by atoms with Crippen molar-refractivity contribution >= 4 is 6.08 Å². The lowest BCUT2D eigenvalue weighted by Gasteiger charge is -2.06. The number of hydrogen-bond donors (Lipinski definition) is 0. The quantitative estimate of drug-likeness (QED) is 0.290. The summed E-state index contributed by atoms with van der Waals surface area (Å²) in [5.41, 5.74) is 5.70. The second-order valence-electron chi connectivity index (χ2n) is 8.12. The van der Waals surface area contributed by atoms with Crippen molar-refractivity contribution in [2.24, 2.45) is 0 Å². The van der Waals surface area contributed by atoms with Gasteiger partial charge in [0.15, 0.2) is 0 Å². The van der Waals surface area contributed by atoms with E-state index in [-0.39, 0.29) is 0 Å². The number of benzene rings is 2. The Hall–Kier alpha value is -1.82. The molecule has 0 bridgehead atoms. The molecule has 0 aliphatic carbocycles. The second-order valence-corrected chi connectivity index (χ2v) is 8.12. The third kappa shape index (κ3) is 9.40. The van der Waals surface area contributed by atoms with Crippen LogP contribution in [0.2, 0.25) is 0 Å². The maximum absolute atomic E-state index is 2.34. The molecule has 0 atom stereocenters.